The number of hydrogen-bond acceptors (Lipinski definition) is 2. The first-order chi connectivity index (χ1) is 8.22. The van der Waals surface area contributed by atoms with E-state index in [1.807, 2.05) is 7.05 Å². The predicted octanol–water partition coefficient (Wildman–Crippen LogP) is 1.21. The zero-order valence-electron chi connectivity index (χ0n) is 10.4. The summed E-state index contributed by atoms with van der Waals surface area (Å²) in [6, 6.07) is 8.42. The van der Waals surface area contributed by atoms with Crippen molar-refractivity contribution >= 4 is 5.91 Å². The van der Waals surface area contributed by atoms with E-state index in [-0.39, 0.29) is 11.8 Å². The number of aryl methyl sites for hydroxylation is 1. The first-order valence-electron chi connectivity index (χ1n) is 6.24. The second kappa shape index (κ2) is 5.32. The number of likely N-dealkylation sites (N-methyl/N-ethyl adjacent to an activating group) is 1. The Labute approximate surface area is 103 Å². The second-order valence-electron chi connectivity index (χ2n) is 4.76. The Morgan fingerprint density at radius 3 is 2.82 bits per heavy atom. The Kier molecular flexibility index (Phi) is 3.79. The van der Waals surface area contributed by atoms with Crippen molar-refractivity contribution in [2.45, 2.75) is 19.3 Å². The van der Waals surface area contributed by atoms with Gasteiger partial charge in [0.2, 0.25) is 5.91 Å². The highest BCUT2D eigenvalue weighted by Gasteiger charge is 2.26. The van der Waals surface area contributed by atoms with Crippen molar-refractivity contribution in [2.75, 3.05) is 20.1 Å². The van der Waals surface area contributed by atoms with Crippen LogP contribution < -0.4 is 5.73 Å². The highest BCUT2D eigenvalue weighted by Crippen LogP contribution is 2.26. The maximum atomic E-state index is 12.2. The van der Waals surface area contributed by atoms with Crippen LogP contribution in [0.2, 0.25) is 0 Å². The predicted molar refractivity (Wildman–Crippen MR) is 68.6 cm³/mol. The van der Waals surface area contributed by atoms with Crippen LogP contribution in [-0.2, 0) is 17.6 Å². The lowest BCUT2D eigenvalue weighted by Crippen LogP contribution is -2.38. The smallest absolute Gasteiger partial charge is 0.225 e. The largest absolute Gasteiger partial charge is 0.344 e. The number of carbonyl (C=O) groups excluding carboxylic acids is 1. The number of nitrogens with zero attached hydrogens (tertiary/aromatic N) is 1. The van der Waals surface area contributed by atoms with Gasteiger partial charge in [-0.05, 0) is 30.4 Å². The highest BCUT2D eigenvalue weighted by molar-refractivity contribution is 5.79. The number of rotatable bonds is 3. The fraction of sp³-hybridized carbons (Fsp3) is 0.500. The van der Waals surface area contributed by atoms with Gasteiger partial charge in [0.15, 0.2) is 0 Å². The van der Waals surface area contributed by atoms with Gasteiger partial charge >= 0.3 is 0 Å². The minimum atomic E-state index is 0.140. The van der Waals surface area contributed by atoms with Gasteiger partial charge in [-0.15, -0.1) is 0 Å². The Morgan fingerprint density at radius 1 is 1.41 bits per heavy atom. The molecule has 0 aliphatic heterocycles. The maximum Gasteiger partial charge on any atom is 0.225 e. The van der Waals surface area contributed by atoms with Crippen molar-refractivity contribution in [1.82, 2.24) is 4.90 Å². The van der Waals surface area contributed by atoms with Crippen molar-refractivity contribution < 1.29 is 4.79 Å². The van der Waals surface area contributed by atoms with Crippen LogP contribution in [0.25, 0.3) is 0 Å². The molecule has 2 N–H and O–H groups in total. The number of hydrogen-bond donors (Lipinski definition) is 1. The van der Waals surface area contributed by atoms with E-state index in [1.54, 1.807) is 4.90 Å². The molecule has 1 aromatic carbocycles. The molecule has 2 rings (SSSR count). The van der Waals surface area contributed by atoms with Gasteiger partial charge in [-0.2, -0.15) is 0 Å². The summed E-state index contributed by atoms with van der Waals surface area (Å²) in [5, 5.41) is 0. The van der Waals surface area contributed by atoms with Crippen LogP contribution in [0, 0.1) is 5.92 Å². The summed E-state index contributed by atoms with van der Waals surface area (Å²) in [4.78, 5) is 13.9. The number of amides is 1. The van der Waals surface area contributed by atoms with Gasteiger partial charge in [-0.3, -0.25) is 4.79 Å². The van der Waals surface area contributed by atoms with Crippen molar-refractivity contribution in [3.8, 4) is 0 Å². The summed E-state index contributed by atoms with van der Waals surface area (Å²) in [5.41, 5.74) is 8.21. The van der Waals surface area contributed by atoms with E-state index in [0.29, 0.717) is 13.1 Å². The number of nitrogens with two attached hydrogens (primary N) is 1. The molecule has 3 nitrogen and oxygen atoms in total. The van der Waals surface area contributed by atoms with Crippen LogP contribution in [0.5, 0.6) is 0 Å². The van der Waals surface area contributed by atoms with Crippen LogP contribution in [0.15, 0.2) is 24.3 Å². The lowest BCUT2D eigenvalue weighted by molar-refractivity contribution is -0.134. The SMILES string of the molecule is CN(CCN)C(=O)C1CCc2ccccc2C1. The Morgan fingerprint density at radius 2 is 2.12 bits per heavy atom. The van der Waals surface area contributed by atoms with E-state index in [9.17, 15) is 4.79 Å². The molecule has 1 amide bonds. The van der Waals surface area contributed by atoms with E-state index < -0.39 is 0 Å². The van der Waals surface area contributed by atoms with Gasteiger partial charge < -0.3 is 10.6 Å². The molecule has 0 bridgehead atoms. The third-order valence-corrected chi connectivity index (χ3v) is 3.54. The minimum absolute atomic E-state index is 0.140. The highest BCUT2D eigenvalue weighted by atomic mass is 16.2. The summed E-state index contributed by atoms with van der Waals surface area (Å²) >= 11 is 0. The van der Waals surface area contributed by atoms with E-state index in [1.165, 1.54) is 11.1 Å². The van der Waals surface area contributed by atoms with E-state index >= 15 is 0 Å². The Hall–Kier alpha value is -1.35. The topological polar surface area (TPSA) is 46.3 Å². The zero-order valence-corrected chi connectivity index (χ0v) is 10.4. The molecule has 1 unspecified atom stereocenters. The van der Waals surface area contributed by atoms with Gasteiger partial charge in [0.1, 0.15) is 0 Å². The third kappa shape index (κ3) is 2.67. The average Bonchev–Trinajstić information content (AvgIpc) is 2.37. The number of benzene rings is 1. The number of carbonyl (C=O) groups is 1. The Balaban J connectivity index is 2.05. The number of fused-ring (bicyclic) bond motifs is 1. The Bertz CT molecular complexity index is 403. The fourth-order valence-electron chi connectivity index (χ4n) is 2.52. The van der Waals surface area contributed by atoms with Crippen LogP contribution in [0.1, 0.15) is 17.5 Å². The zero-order chi connectivity index (χ0) is 12.3. The maximum absolute atomic E-state index is 12.2. The normalized spacial score (nSPS) is 18.6. The summed E-state index contributed by atoms with van der Waals surface area (Å²) in [5.74, 6) is 0.381. The summed E-state index contributed by atoms with van der Waals surface area (Å²) in [7, 11) is 1.84. The molecule has 0 fully saturated rings. The third-order valence-electron chi connectivity index (χ3n) is 3.54. The average molecular weight is 232 g/mol. The first kappa shape index (κ1) is 12.1. The van der Waals surface area contributed by atoms with Gasteiger partial charge in [0, 0.05) is 26.1 Å². The molecule has 0 radical (unpaired) electrons. The molecule has 0 saturated heterocycles. The minimum Gasteiger partial charge on any atom is -0.344 e. The standard InChI is InChI=1S/C14H20N2O/c1-16(9-8-15)14(17)13-7-6-11-4-2-3-5-12(11)10-13/h2-5,13H,6-10,15H2,1H3. The van der Waals surface area contributed by atoms with Gasteiger partial charge in [-0.1, -0.05) is 24.3 Å². The molecule has 17 heavy (non-hydrogen) atoms. The first-order valence-corrected chi connectivity index (χ1v) is 6.24. The molecule has 1 aromatic rings. The molecule has 0 heterocycles. The quantitative estimate of drug-likeness (QED) is 0.851. The molecule has 1 atom stereocenters. The molecule has 92 valence electrons. The monoisotopic (exact) mass is 232 g/mol. The molecular weight excluding hydrogens is 212 g/mol. The second-order valence-corrected chi connectivity index (χ2v) is 4.76. The molecule has 1 aliphatic carbocycles. The van der Waals surface area contributed by atoms with Crippen molar-refractivity contribution in [2.24, 2.45) is 11.7 Å². The summed E-state index contributed by atoms with van der Waals surface area (Å²) in [6.07, 6.45) is 2.86. The lowest BCUT2D eigenvalue weighted by atomic mass is 9.83. The van der Waals surface area contributed by atoms with Gasteiger partial charge in [0.25, 0.3) is 0 Å². The molecule has 1 aliphatic rings. The van der Waals surface area contributed by atoms with E-state index in [2.05, 4.69) is 24.3 Å². The molecular formula is C14H20N2O. The summed E-state index contributed by atoms with van der Waals surface area (Å²) in [6.45, 7) is 1.18. The lowest BCUT2D eigenvalue weighted by Gasteiger charge is -2.27. The molecule has 0 saturated carbocycles. The van der Waals surface area contributed by atoms with Gasteiger partial charge in [-0.25, -0.2) is 0 Å². The van der Waals surface area contributed by atoms with E-state index in [0.717, 1.165) is 19.3 Å². The van der Waals surface area contributed by atoms with Gasteiger partial charge in [0.05, 0.1) is 0 Å². The molecule has 0 aromatic heterocycles. The van der Waals surface area contributed by atoms with Crippen molar-refractivity contribution in [1.29, 1.82) is 0 Å². The van der Waals surface area contributed by atoms with Crippen molar-refractivity contribution in [3.05, 3.63) is 35.4 Å². The molecule has 3 heteroatoms. The molecule has 0 spiro atoms. The van der Waals surface area contributed by atoms with E-state index in [4.69, 9.17) is 5.73 Å². The van der Waals surface area contributed by atoms with Crippen molar-refractivity contribution in [3.63, 3.8) is 0 Å². The van der Waals surface area contributed by atoms with Crippen LogP contribution in [0.3, 0.4) is 0 Å². The summed E-state index contributed by atoms with van der Waals surface area (Å²) < 4.78 is 0. The fourth-order valence-corrected chi connectivity index (χ4v) is 2.52. The van der Waals surface area contributed by atoms with Crippen LogP contribution >= 0.6 is 0 Å². The van der Waals surface area contributed by atoms with Crippen LogP contribution in [0.4, 0.5) is 0 Å². The van der Waals surface area contributed by atoms with Crippen LogP contribution in [-0.4, -0.2) is 30.9 Å².